The second kappa shape index (κ2) is 6.64. The van der Waals surface area contributed by atoms with Gasteiger partial charge in [-0.25, -0.2) is 4.79 Å². The fourth-order valence-electron chi connectivity index (χ4n) is 2.17. The van der Waals surface area contributed by atoms with Crippen LogP contribution in [0.15, 0.2) is 24.3 Å². The first-order chi connectivity index (χ1) is 9.28. The second-order valence-electron chi connectivity index (χ2n) is 4.55. The SMILES string of the molecule is N#CCOc1ccc(NC(=O)NC2CCCC2)cc1. The Bertz CT molecular complexity index is 459. The van der Waals surface area contributed by atoms with E-state index in [1.165, 1.54) is 12.8 Å². The third-order valence-electron chi connectivity index (χ3n) is 3.11. The Hall–Kier alpha value is -2.22. The van der Waals surface area contributed by atoms with Crippen LogP contribution in [0, 0.1) is 11.3 Å². The standard InChI is InChI=1S/C14H17N3O2/c15-9-10-19-13-7-5-12(6-8-13)17-14(18)16-11-3-1-2-4-11/h5-8,11H,1-4,10H2,(H2,16,17,18). The highest BCUT2D eigenvalue weighted by molar-refractivity contribution is 5.89. The number of nitrogens with zero attached hydrogens (tertiary/aromatic N) is 1. The van der Waals surface area contributed by atoms with Crippen molar-refractivity contribution in [2.24, 2.45) is 0 Å². The molecule has 5 heteroatoms. The van der Waals surface area contributed by atoms with Crippen molar-refractivity contribution < 1.29 is 9.53 Å². The number of carbonyl (C=O) groups is 1. The zero-order valence-electron chi connectivity index (χ0n) is 10.7. The van der Waals surface area contributed by atoms with E-state index in [0.29, 0.717) is 17.5 Å². The van der Waals surface area contributed by atoms with Crippen molar-refractivity contribution in [1.82, 2.24) is 5.32 Å². The van der Waals surface area contributed by atoms with Crippen LogP contribution in [0.5, 0.6) is 5.75 Å². The van der Waals surface area contributed by atoms with Gasteiger partial charge in [0.15, 0.2) is 6.61 Å². The van der Waals surface area contributed by atoms with Gasteiger partial charge in [0.1, 0.15) is 11.8 Å². The molecular weight excluding hydrogens is 242 g/mol. The van der Waals surface area contributed by atoms with Gasteiger partial charge in [-0.1, -0.05) is 12.8 Å². The van der Waals surface area contributed by atoms with Crippen LogP contribution in [0.2, 0.25) is 0 Å². The van der Waals surface area contributed by atoms with Crippen LogP contribution >= 0.6 is 0 Å². The van der Waals surface area contributed by atoms with E-state index in [1.54, 1.807) is 24.3 Å². The van der Waals surface area contributed by atoms with Crippen molar-refractivity contribution in [2.45, 2.75) is 31.7 Å². The average molecular weight is 259 g/mol. The van der Waals surface area contributed by atoms with Crippen LogP contribution in [0.3, 0.4) is 0 Å². The molecule has 5 nitrogen and oxygen atoms in total. The van der Waals surface area contributed by atoms with Gasteiger partial charge in [-0.15, -0.1) is 0 Å². The summed E-state index contributed by atoms with van der Waals surface area (Å²) >= 11 is 0. The van der Waals surface area contributed by atoms with Crippen molar-refractivity contribution >= 4 is 11.7 Å². The molecule has 1 aromatic carbocycles. The first-order valence-electron chi connectivity index (χ1n) is 6.45. The van der Waals surface area contributed by atoms with Gasteiger partial charge >= 0.3 is 6.03 Å². The number of ether oxygens (including phenoxy) is 1. The molecule has 1 aliphatic rings. The van der Waals surface area contributed by atoms with Gasteiger partial charge in [0.25, 0.3) is 0 Å². The van der Waals surface area contributed by atoms with Crippen molar-refractivity contribution in [3.05, 3.63) is 24.3 Å². The van der Waals surface area contributed by atoms with Crippen LogP contribution in [0.4, 0.5) is 10.5 Å². The van der Waals surface area contributed by atoms with E-state index in [-0.39, 0.29) is 12.6 Å². The summed E-state index contributed by atoms with van der Waals surface area (Å²) < 4.78 is 5.13. The Labute approximate surface area is 112 Å². The minimum atomic E-state index is -0.169. The maximum absolute atomic E-state index is 11.7. The molecule has 100 valence electrons. The van der Waals surface area contributed by atoms with Gasteiger partial charge in [0, 0.05) is 11.7 Å². The number of carbonyl (C=O) groups excluding carboxylic acids is 1. The Morgan fingerprint density at radius 2 is 2.00 bits per heavy atom. The number of nitrogens with one attached hydrogen (secondary N) is 2. The Morgan fingerprint density at radius 1 is 1.32 bits per heavy atom. The zero-order chi connectivity index (χ0) is 13.5. The Balaban J connectivity index is 1.81. The highest BCUT2D eigenvalue weighted by Gasteiger charge is 2.16. The number of nitriles is 1. The minimum Gasteiger partial charge on any atom is -0.479 e. The van der Waals surface area contributed by atoms with Gasteiger partial charge in [-0.05, 0) is 37.1 Å². The number of urea groups is 1. The zero-order valence-corrected chi connectivity index (χ0v) is 10.7. The van der Waals surface area contributed by atoms with Gasteiger partial charge in [0.2, 0.25) is 0 Å². The van der Waals surface area contributed by atoms with Crippen molar-refractivity contribution in [3.63, 3.8) is 0 Å². The lowest BCUT2D eigenvalue weighted by atomic mass is 10.2. The molecule has 0 spiro atoms. The van der Waals surface area contributed by atoms with Gasteiger partial charge < -0.3 is 15.4 Å². The molecule has 0 aromatic heterocycles. The van der Waals surface area contributed by atoms with Crippen LogP contribution in [0.1, 0.15) is 25.7 Å². The minimum absolute atomic E-state index is 0.0228. The second-order valence-corrected chi connectivity index (χ2v) is 4.55. The summed E-state index contributed by atoms with van der Waals surface area (Å²) in [7, 11) is 0. The molecule has 0 aliphatic heterocycles. The van der Waals surface area contributed by atoms with Crippen LogP contribution in [0.25, 0.3) is 0 Å². The van der Waals surface area contributed by atoms with Crippen LogP contribution in [-0.4, -0.2) is 18.7 Å². The number of anilines is 1. The number of rotatable bonds is 4. The number of benzene rings is 1. The fraction of sp³-hybridized carbons (Fsp3) is 0.429. The third-order valence-corrected chi connectivity index (χ3v) is 3.11. The molecule has 0 atom stereocenters. The van der Waals surface area contributed by atoms with E-state index < -0.39 is 0 Å². The van der Waals surface area contributed by atoms with Gasteiger partial charge in [-0.3, -0.25) is 0 Å². The molecule has 0 bridgehead atoms. The summed E-state index contributed by atoms with van der Waals surface area (Å²) in [5, 5.41) is 14.1. The first kappa shape index (κ1) is 13.2. The number of hydrogen-bond acceptors (Lipinski definition) is 3. The lowest BCUT2D eigenvalue weighted by Gasteiger charge is -2.13. The highest BCUT2D eigenvalue weighted by atomic mass is 16.5. The topological polar surface area (TPSA) is 74.1 Å². The van der Waals surface area contributed by atoms with Gasteiger partial charge in [-0.2, -0.15) is 5.26 Å². The van der Waals surface area contributed by atoms with Gasteiger partial charge in [0.05, 0.1) is 0 Å². The molecule has 2 N–H and O–H groups in total. The van der Waals surface area contributed by atoms with E-state index in [0.717, 1.165) is 12.8 Å². The normalized spacial score (nSPS) is 14.7. The molecule has 0 saturated heterocycles. The number of hydrogen-bond donors (Lipinski definition) is 2. The van der Waals surface area contributed by atoms with E-state index >= 15 is 0 Å². The van der Waals surface area contributed by atoms with Crippen molar-refractivity contribution in [3.8, 4) is 11.8 Å². The monoisotopic (exact) mass is 259 g/mol. The molecule has 2 rings (SSSR count). The summed E-state index contributed by atoms with van der Waals surface area (Å²) in [5.41, 5.74) is 0.708. The van der Waals surface area contributed by atoms with Crippen LogP contribution in [-0.2, 0) is 0 Å². The van der Waals surface area contributed by atoms with E-state index in [4.69, 9.17) is 10.00 Å². The molecular formula is C14H17N3O2. The summed E-state index contributed by atoms with van der Waals surface area (Å²) in [4.78, 5) is 11.7. The van der Waals surface area contributed by atoms with E-state index in [1.807, 2.05) is 6.07 Å². The van der Waals surface area contributed by atoms with E-state index in [9.17, 15) is 4.79 Å². The molecule has 2 amide bonds. The first-order valence-corrected chi connectivity index (χ1v) is 6.45. The summed E-state index contributed by atoms with van der Waals surface area (Å²) in [6.45, 7) is 0.0228. The molecule has 0 unspecified atom stereocenters. The maximum Gasteiger partial charge on any atom is 0.319 e. The predicted octanol–water partition coefficient (Wildman–Crippen LogP) is 2.65. The summed E-state index contributed by atoms with van der Waals surface area (Å²) in [6, 6.07) is 8.99. The molecule has 0 radical (unpaired) electrons. The molecule has 1 aliphatic carbocycles. The lowest BCUT2D eigenvalue weighted by molar-refractivity contribution is 0.248. The quantitative estimate of drug-likeness (QED) is 0.873. The molecule has 1 aromatic rings. The van der Waals surface area contributed by atoms with E-state index in [2.05, 4.69) is 10.6 Å². The Morgan fingerprint density at radius 3 is 2.63 bits per heavy atom. The highest BCUT2D eigenvalue weighted by Crippen LogP contribution is 2.18. The average Bonchev–Trinajstić information content (AvgIpc) is 2.90. The largest absolute Gasteiger partial charge is 0.479 e. The molecule has 1 fully saturated rings. The maximum atomic E-state index is 11.7. The lowest BCUT2D eigenvalue weighted by Crippen LogP contribution is -2.36. The van der Waals surface area contributed by atoms with Crippen LogP contribution < -0.4 is 15.4 Å². The predicted molar refractivity (Wildman–Crippen MR) is 72.0 cm³/mol. The van der Waals surface area contributed by atoms with Crippen molar-refractivity contribution in [1.29, 1.82) is 5.26 Å². The fourth-order valence-corrected chi connectivity index (χ4v) is 2.17. The molecule has 1 saturated carbocycles. The summed E-state index contributed by atoms with van der Waals surface area (Å²) in [5.74, 6) is 0.614. The number of amides is 2. The summed E-state index contributed by atoms with van der Waals surface area (Å²) in [6.07, 6.45) is 4.51. The molecule has 19 heavy (non-hydrogen) atoms. The van der Waals surface area contributed by atoms with Crippen molar-refractivity contribution in [2.75, 3.05) is 11.9 Å². The smallest absolute Gasteiger partial charge is 0.319 e. The Kier molecular flexibility index (Phi) is 4.62. The third kappa shape index (κ3) is 4.18. The molecule has 0 heterocycles.